The summed E-state index contributed by atoms with van der Waals surface area (Å²) in [7, 11) is 0. The van der Waals surface area contributed by atoms with Gasteiger partial charge in [-0.15, -0.1) is 0 Å². The second-order valence-corrected chi connectivity index (χ2v) is 13.3. The Labute approximate surface area is 193 Å². The van der Waals surface area contributed by atoms with Crippen LogP contribution >= 0.6 is 0 Å². The number of fused-ring (bicyclic) bond motifs is 6. The van der Waals surface area contributed by atoms with Gasteiger partial charge in [0.2, 0.25) is 0 Å². The van der Waals surface area contributed by atoms with Gasteiger partial charge in [-0.05, 0) is 60.7 Å². The average Bonchev–Trinajstić information content (AvgIpc) is 2.84. The van der Waals surface area contributed by atoms with E-state index in [0.717, 1.165) is 25.7 Å². The highest BCUT2D eigenvalue weighted by atomic mass is 16.5. The summed E-state index contributed by atoms with van der Waals surface area (Å²) in [5.41, 5.74) is -0.210. The molecule has 1 N–H and O–H groups in total. The van der Waals surface area contributed by atoms with Crippen molar-refractivity contribution >= 4 is 11.8 Å². The van der Waals surface area contributed by atoms with Gasteiger partial charge in [0, 0.05) is 31.1 Å². The Bertz CT molecular complexity index is 821. The lowest BCUT2D eigenvalue weighted by Crippen LogP contribution is -2.64. The number of esters is 1. The van der Waals surface area contributed by atoms with Crippen LogP contribution in [0.4, 0.5) is 0 Å². The number of aliphatic hydroxyl groups excluding tert-OH is 1. The summed E-state index contributed by atoms with van der Waals surface area (Å²) in [6.07, 6.45) is 6.68. The number of ketones is 1. The first kappa shape index (κ1) is 22.8. The molecule has 4 aliphatic carbocycles. The molecule has 0 radical (unpaired) electrons. The third-order valence-electron chi connectivity index (χ3n) is 10.9. The molecule has 1 heterocycles. The van der Waals surface area contributed by atoms with Crippen LogP contribution in [0, 0.1) is 39.9 Å². The van der Waals surface area contributed by atoms with Crippen molar-refractivity contribution in [1.82, 2.24) is 0 Å². The van der Waals surface area contributed by atoms with Gasteiger partial charge in [-0.25, -0.2) is 0 Å². The maximum atomic E-state index is 12.6. The maximum Gasteiger partial charge on any atom is 0.302 e. The number of carbonyl (C=O) groups excluding carboxylic acids is 2. The van der Waals surface area contributed by atoms with Crippen molar-refractivity contribution < 1.29 is 24.2 Å². The molecule has 5 aliphatic rings. The van der Waals surface area contributed by atoms with Crippen molar-refractivity contribution in [2.45, 2.75) is 117 Å². The standard InChI is InChI=1S/C27H42O5/c1-15-18(29)12-17-21(30)22(15)32-27(17)11-8-20-25(5,14-27)13-19(31-16(2)28)23-24(3,4)9-7-10-26(20,23)6/h15,17,19-23,30H,7-14H2,1-6H3/t15-,17-,19-,20+,21+,22+,23-,25+,26-,27-/m1/s1. The molecule has 180 valence electrons. The van der Waals surface area contributed by atoms with Crippen molar-refractivity contribution in [2.24, 2.45) is 39.9 Å². The van der Waals surface area contributed by atoms with Gasteiger partial charge in [0.25, 0.3) is 0 Å². The molecule has 1 spiro atoms. The lowest BCUT2D eigenvalue weighted by molar-refractivity contribution is -0.234. The Morgan fingerprint density at radius 2 is 1.88 bits per heavy atom. The normalized spacial score (nSPS) is 54.1. The van der Waals surface area contributed by atoms with Crippen molar-refractivity contribution in [3.63, 3.8) is 0 Å². The summed E-state index contributed by atoms with van der Waals surface area (Å²) in [6, 6.07) is 0. The van der Waals surface area contributed by atoms with Gasteiger partial charge in [-0.1, -0.05) is 41.0 Å². The molecule has 10 atom stereocenters. The van der Waals surface area contributed by atoms with E-state index in [2.05, 4.69) is 27.7 Å². The van der Waals surface area contributed by atoms with E-state index in [4.69, 9.17) is 9.47 Å². The van der Waals surface area contributed by atoms with Crippen LogP contribution in [0.25, 0.3) is 0 Å². The van der Waals surface area contributed by atoms with E-state index in [0.29, 0.717) is 18.3 Å². The van der Waals surface area contributed by atoms with Crippen LogP contribution in [0.1, 0.15) is 92.9 Å². The summed E-state index contributed by atoms with van der Waals surface area (Å²) < 4.78 is 12.8. The van der Waals surface area contributed by atoms with E-state index in [1.807, 2.05) is 6.92 Å². The van der Waals surface area contributed by atoms with E-state index in [1.165, 1.54) is 26.2 Å². The zero-order valence-electron chi connectivity index (χ0n) is 20.8. The quantitative estimate of drug-likeness (QED) is 0.592. The SMILES string of the molecule is CC(=O)O[C@@H]1C[C@@]2(C)C[C@@]3(CC[C@@H]2[C@@]2(C)CCCC(C)(C)[C@@H]12)O[C@@H]1[C@@H](O)[C@H]3CC(=O)[C@H]1C. The van der Waals surface area contributed by atoms with Crippen molar-refractivity contribution in [2.75, 3.05) is 0 Å². The van der Waals surface area contributed by atoms with Crippen LogP contribution in [-0.2, 0) is 19.1 Å². The molecular weight excluding hydrogens is 404 g/mol. The minimum atomic E-state index is -0.548. The van der Waals surface area contributed by atoms with Gasteiger partial charge >= 0.3 is 5.97 Å². The Balaban J connectivity index is 1.52. The molecule has 0 aromatic heterocycles. The number of aliphatic hydroxyl groups is 1. The fourth-order valence-electron chi connectivity index (χ4n) is 10.00. The van der Waals surface area contributed by atoms with Crippen LogP contribution < -0.4 is 0 Å². The van der Waals surface area contributed by atoms with Gasteiger partial charge in [-0.3, -0.25) is 9.59 Å². The lowest BCUT2D eigenvalue weighted by Gasteiger charge is -2.67. The predicted octanol–water partition coefficient (Wildman–Crippen LogP) is 4.68. The highest BCUT2D eigenvalue weighted by molar-refractivity contribution is 5.83. The number of hydrogen-bond acceptors (Lipinski definition) is 5. The van der Waals surface area contributed by atoms with Crippen LogP contribution in [0.3, 0.4) is 0 Å². The van der Waals surface area contributed by atoms with Gasteiger partial charge in [0.15, 0.2) is 0 Å². The summed E-state index contributed by atoms with van der Waals surface area (Å²) in [6.45, 7) is 13.0. The molecule has 32 heavy (non-hydrogen) atoms. The number of rotatable bonds is 1. The highest BCUT2D eigenvalue weighted by Crippen LogP contribution is 2.70. The first-order chi connectivity index (χ1) is 14.8. The van der Waals surface area contributed by atoms with Crippen molar-refractivity contribution in [1.29, 1.82) is 0 Å². The van der Waals surface area contributed by atoms with E-state index in [9.17, 15) is 14.7 Å². The number of hydrogen-bond donors (Lipinski definition) is 1. The van der Waals surface area contributed by atoms with Crippen LogP contribution in [-0.4, -0.2) is 40.8 Å². The first-order valence-corrected chi connectivity index (χ1v) is 12.9. The summed E-state index contributed by atoms with van der Waals surface area (Å²) in [5, 5.41) is 11.0. The van der Waals surface area contributed by atoms with Crippen molar-refractivity contribution in [3.05, 3.63) is 0 Å². The minimum absolute atomic E-state index is 0.0411. The Morgan fingerprint density at radius 1 is 1.16 bits per heavy atom. The van der Waals surface area contributed by atoms with Crippen LogP contribution in [0.2, 0.25) is 0 Å². The molecule has 5 heteroatoms. The van der Waals surface area contributed by atoms with Gasteiger partial charge < -0.3 is 14.6 Å². The molecule has 1 saturated heterocycles. The van der Waals surface area contributed by atoms with Gasteiger partial charge in [0.1, 0.15) is 11.9 Å². The topological polar surface area (TPSA) is 72.8 Å². The van der Waals surface area contributed by atoms with Crippen LogP contribution in [0.5, 0.6) is 0 Å². The zero-order valence-corrected chi connectivity index (χ0v) is 20.8. The Hall–Kier alpha value is -0.940. The third kappa shape index (κ3) is 3.02. The Morgan fingerprint density at radius 3 is 2.56 bits per heavy atom. The molecule has 0 amide bonds. The second-order valence-electron chi connectivity index (χ2n) is 13.3. The van der Waals surface area contributed by atoms with E-state index >= 15 is 0 Å². The smallest absolute Gasteiger partial charge is 0.302 e. The molecule has 0 aromatic rings. The molecule has 5 rings (SSSR count). The average molecular weight is 447 g/mol. The monoisotopic (exact) mass is 446 g/mol. The molecule has 5 nitrogen and oxygen atoms in total. The Kier molecular flexibility index (Phi) is 5.02. The van der Waals surface area contributed by atoms with E-state index in [-0.39, 0.29) is 52.0 Å². The zero-order chi connectivity index (χ0) is 23.3. The molecule has 0 unspecified atom stereocenters. The second kappa shape index (κ2) is 7.04. The number of carbonyl (C=O) groups is 2. The number of Topliss-reactive ketones (excluding diaryl/α,β-unsaturated/α-hetero) is 1. The maximum absolute atomic E-state index is 12.6. The first-order valence-electron chi connectivity index (χ1n) is 12.9. The fraction of sp³-hybridized carbons (Fsp3) is 0.926. The van der Waals surface area contributed by atoms with Crippen LogP contribution in [0.15, 0.2) is 0 Å². The fourth-order valence-corrected chi connectivity index (χ4v) is 10.00. The summed E-state index contributed by atoms with van der Waals surface area (Å²) in [4.78, 5) is 24.8. The summed E-state index contributed by atoms with van der Waals surface area (Å²) >= 11 is 0. The molecule has 0 aromatic carbocycles. The minimum Gasteiger partial charge on any atom is -0.462 e. The molecule has 4 saturated carbocycles. The third-order valence-corrected chi connectivity index (χ3v) is 10.9. The lowest BCUT2D eigenvalue weighted by atomic mass is 9.39. The number of ether oxygens (including phenoxy) is 2. The van der Waals surface area contributed by atoms with E-state index < -0.39 is 11.7 Å². The van der Waals surface area contributed by atoms with Gasteiger partial charge in [-0.2, -0.15) is 0 Å². The molecule has 2 bridgehead atoms. The molecular formula is C27H42O5. The largest absolute Gasteiger partial charge is 0.462 e. The predicted molar refractivity (Wildman–Crippen MR) is 121 cm³/mol. The van der Waals surface area contributed by atoms with Crippen molar-refractivity contribution in [3.8, 4) is 0 Å². The molecule has 5 fully saturated rings. The van der Waals surface area contributed by atoms with E-state index in [1.54, 1.807) is 0 Å². The molecule has 1 aliphatic heterocycles. The highest BCUT2D eigenvalue weighted by Gasteiger charge is 2.69. The van der Waals surface area contributed by atoms with Gasteiger partial charge in [0.05, 0.1) is 17.8 Å². The summed E-state index contributed by atoms with van der Waals surface area (Å²) in [5.74, 6) is 0.606.